The fraction of sp³-hybridized carbons (Fsp3) is 0.529. The van der Waals surface area contributed by atoms with Gasteiger partial charge in [-0.2, -0.15) is 0 Å². The first-order valence-corrected chi connectivity index (χ1v) is 8.08. The normalized spacial score (nSPS) is 11.3. The maximum Gasteiger partial charge on any atom is 0.248 e. The highest BCUT2D eigenvalue weighted by molar-refractivity contribution is 5.92. The summed E-state index contributed by atoms with van der Waals surface area (Å²) >= 11 is 0. The maximum atomic E-state index is 11.0. The zero-order valence-electron chi connectivity index (χ0n) is 13.7. The lowest BCUT2D eigenvalue weighted by Crippen LogP contribution is -2.37. The Bertz CT molecular complexity index is 468. The van der Waals surface area contributed by atoms with Crippen LogP contribution in [0, 0.1) is 0 Å². The van der Waals surface area contributed by atoms with Gasteiger partial charge in [0, 0.05) is 18.7 Å². The van der Waals surface area contributed by atoms with E-state index in [4.69, 9.17) is 5.73 Å². The number of carbonyl (C=O) groups is 1. The van der Waals surface area contributed by atoms with Crippen molar-refractivity contribution in [3.8, 4) is 0 Å². The molecule has 22 heavy (non-hydrogen) atoms. The number of benzene rings is 1. The van der Waals surface area contributed by atoms with Gasteiger partial charge in [0.2, 0.25) is 5.91 Å². The highest BCUT2D eigenvalue weighted by Crippen LogP contribution is 2.05. The first-order valence-electron chi connectivity index (χ1n) is 8.08. The van der Waals surface area contributed by atoms with E-state index in [0.29, 0.717) is 12.1 Å². The van der Waals surface area contributed by atoms with Crippen LogP contribution in [0.2, 0.25) is 0 Å². The van der Waals surface area contributed by atoms with Crippen LogP contribution < -0.4 is 16.4 Å². The number of guanidine groups is 1. The van der Waals surface area contributed by atoms with Crippen LogP contribution in [-0.4, -0.2) is 25.0 Å². The van der Waals surface area contributed by atoms with Crippen LogP contribution in [-0.2, 0) is 6.54 Å². The molecule has 0 aliphatic rings. The summed E-state index contributed by atoms with van der Waals surface area (Å²) in [7, 11) is 0. The van der Waals surface area contributed by atoms with Crippen LogP contribution in [0.25, 0.3) is 0 Å². The monoisotopic (exact) mass is 304 g/mol. The molecule has 0 aromatic heterocycles. The number of unbranched alkanes of at least 4 members (excludes halogenated alkanes) is 3. The zero-order valence-corrected chi connectivity index (χ0v) is 13.7. The van der Waals surface area contributed by atoms with Crippen molar-refractivity contribution in [3.05, 3.63) is 35.4 Å². The van der Waals surface area contributed by atoms with Gasteiger partial charge in [0.25, 0.3) is 0 Å². The van der Waals surface area contributed by atoms with Crippen molar-refractivity contribution in [3.63, 3.8) is 0 Å². The average Bonchev–Trinajstić information content (AvgIpc) is 2.52. The van der Waals surface area contributed by atoms with E-state index in [1.807, 2.05) is 12.1 Å². The minimum absolute atomic E-state index is 0.405. The van der Waals surface area contributed by atoms with Gasteiger partial charge in [-0.1, -0.05) is 38.3 Å². The molecule has 5 heteroatoms. The Hall–Kier alpha value is -2.04. The Kier molecular flexibility index (Phi) is 8.72. The Balaban J connectivity index is 2.48. The summed E-state index contributed by atoms with van der Waals surface area (Å²) in [6.45, 7) is 6.61. The van der Waals surface area contributed by atoms with Gasteiger partial charge in [0.05, 0.1) is 6.54 Å². The van der Waals surface area contributed by atoms with Gasteiger partial charge in [-0.15, -0.1) is 0 Å². The van der Waals surface area contributed by atoms with E-state index in [1.165, 1.54) is 19.3 Å². The van der Waals surface area contributed by atoms with E-state index in [9.17, 15) is 4.79 Å². The molecule has 0 heterocycles. The maximum absolute atomic E-state index is 11.0. The summed E-state index contributed by atoms with van der Waals surface area (Å²) < 4.78 is 0. The molecule has 0 saturated heterocycles. The fourth-order valence-corrected chi connectivity index (χ4v) is 2.05. The average molecular weight is 304 g/mol. The molecule has 0 fully saturated rings. The number of primary amides is 1. The fourth-order valence-electron chi connectivity index (χ4n) is 2.05. The number of hydrogen-bond donors (Lipinski definition) is 3. The summed E-state index contributed by atoms with van der Waals surface area (Å²) in [6, 6.07) is 7.24. The van der Waals surface area contributed by atoms with Crippen molar-refractivity contribution in [2.24, 2.45) is 10.7 Å². The molecule has 4 N–H and O–H groups in total. The van der Waals surface area contributed by atoms with Crippen LogP contribution in [0.5, 0.6) is 0 Å². The Morgan fingerprint density at radius 1 is 1.09 bits per heavy atom. The van der Waals surface area contributed by atoms with Gasteiger partial charge < -0.3 is 16.4 Å². The van der Waals surface area contributed by atoms with Crippen LogP contribution in [0.15, 0.2) is 29.3 Å². The molecule has 0 unspecified atom stereocenters. The highest BCUT2D eigenvalue weighted by Gasteiger charge is 2.00. The molecule has 1 rings (SSSR count). The third kappa shape index (κ3) is 7.11. The van der Waals surface area contributed by atoms with Crippen molar-refractivity contribution >= 4 is 11.9 Å². The first-order chi connectivity index (χ1) is 10.7. The lowest BCUT2D eigenvalue weighted by Gasteiger charge is -2.11. The van der Waals surface area contributed by atoms with Crippen LogP contribution >= 0.6 is 0 Å². The number of nitrogens with two attached hydrogens (primary N) is 1. The van der Waals surface area contributed by atoms with Crippen LogP contribution in [0.4, 0.5) is 0 Å². The second kappa shape index (κ2) is 10.7. The Labute approximate surface area is 133 Å². The summed E-state index contributed by atoms with van der Waals surface area (Å²) in [4.78, 5) is 15.6. The quantitative estimate of drug-likeness (QED) is 0.372. The Morgan fingerprint density at radius 3 is 2.41 bits per heavy atom. The van der Waals surface area contributed by atoms with Crippen molar-refractivity contribution in [2.45, 2.75) is 46.1 Å². The number of hydrogen-bond acceptors (Lipinski definition) is 2. The Morgan fingerprint density at radius 2 is 1.82 bits per heavy atom. The highest BCUT2D eigenvalue weighted by atomic mass is 16.1. The van der Waals surface area contributed by atoms with Crippen molar-refractivity contribution in [2.75, 3.05) is 13.1 Å². The van der Waals surface area contributed by atoms with E-state index in [0.717, 1.165) is 31.0 Å². The summed E-state index contributed by atoms with van der Waals surface area (Å²) in [5.74, 6) is 0.426. The molecule has 5 nitrogen and oxygen atoms in total. The van der Waals surface area contributed by atoms with Crippen molar-refractivity contribution < 1.29 is 4.79 Å². The largest absolute Gasteiger partial charge is 0.366 e. The topological polar surface area (TPSA) is 79.5 Å². The number of aliphatic imine (C=N–C) groups is 1. The predicted octanol–water partition coefficient (Wildman–Crippen LogP) is 2.42. The van der Waals surface area contributed by atoms with Crippen molar-refractivity contribution in [1.29, 1.82) is 0 Å². The van der Waals surface area contributed by atoms with E-state index in [-0.39, 0.29) is 0 Å². The SMILES string of the molecule is CCCCCCNC(=NCc1ccc(C(N)=O)cc1)NCC. The smallest absolute Gasteiger partial charge is 0.248 e. The van der Waals surface area contributed by atoms with Gasteiger partial charge >= 0.3 is 0 Å². The molecule has 0 spiro atoms. The van der Waals surface area contributed by atoms with E-state index in [1.54, 1.807) is 12.1 Å². The van der Waals surface area contributed by atoms with Crippen LogP contribution in [0.1, 0.15) is 55.5 Å². The predicted molar refractivity (Wildman–Crippen MR) is 91.9 cm³/mol. The molecular weight excluding hydrogens is 276 g/mol. The molecule has 0 aliphatic heterocycles. The van der Waals surface area contributed by atoms with E-state index in [2.05, 4.69) is 29.5 Å². The summed E-state index contributed by atoms with van der Waals surface area (Å²) in [6.07, 6.45) is 4.93. The summed E-state index contributed by atoms with van der Waals surface area (Å²) in [5, 5.41) is 6.58. The molecule has 122 valence electrons. The molecule has 1 aromatic rings. The zero-order chi connectivity index (χ0) is 16.2. The van der Waals surface area contributed by atoms with Gasteiger partial charge in [0.1, 0.15) is 0 Å². The van der Waals surface area contributed by atoms with Gasteiger partial charge in [-0.3, -0.25) is 4.79 Å². The lowest BCUT2D eigenvalue weighted by atomic mass is 10.1. The summed E-state index contributed by atoms with van der Waals surface area (Å²) in [5.41, 5.74) is 6.80. The minimum Gasteiger partial charge on any atom is -0.366 e. The van der Waals surface area contributed by atoms with Gasteiger partial charge in [0.15, 0.2) is 5.96 Å². The van der Waals surface area contributed by atoms with Gasteiger partial charge in [-0.25, -0.2) is 4.99 Å². The standard InChI is InChI=1S/C17H28N4O/c1-3-5-6-7-12-20-17(19-4-2)21-13-14-8-10-15(11-9-14)16(18)22/h8-11H,3-7,12-13H2,1-2H3,(H2,18,22)(H2,19,20,21). The second-order valence-electron chi connectivity index (χ2n) is 5.24. The van der Waals surface area contributed by atoms with Crippen molar-refractivity contribution in [1.82, 2.24) is 10.6 Å². The number of nitrogens with one attached hydrogen (secondary N) is 2. The lowest BCUT2D eigenvalue weighted by molar-refractivity contribution is 0.100. The van der Waals surface area contributed by atoms with E-state index >= 15 is 0 Å². The molecule has 0 saturated carbocycles. The molecule has 0 bridgehead atoms. The molecule has 0 atom stereocenters. The molecule has 1 aromatic carbocycles. The second-order valence-corrected chi connectivity index (χ2v) is 5.24. The number of nitrogens with zero attached hydrogens (tertiary/aromatic N) is 1. The van der Waals surface area contributed by atoms with E-state index < -0.39 is 5.91 Å². The molecular formula is C17H28N4O. The minimum atomic E-state index is -0.405. The number of amides is 1. The number of carbonyl (C=O) groups excluding carboxylic acids is 1. The van der Waals surface area contributed by atoms with Gasteiger partial charge in [-0.05, 0) is 31.0 Å². The first kappa shape index (κ1) is 18.0. The third-order valence-corrected chi connectivity index (χ3v) is 3.33. The third-order valence-electron chi connectivity index (χ3n) is 3.33. The molecule has 1 amide bonds. The number of rotatable bonds is 9. The van der Waals surface area contributed by atoms with Crippen LogP contribution in [0.3, 0.4) is 0 Å². The molecule has 0 aliphatic carbocycles. The molecule has 0 radical (unpaired) electrons.